The van der Waals surface area contributed by atoms with E-state index in [0.717, 1.165) is 11.8 Å². The molecule has 106 valence electrons. The predicted octanol–water partition coefficient (Wildman–Crippen LogP) is 1.83. The first-order valence-corrected chi connectivity index (χ1v) is 7.65. The molecule has 0 heterocycles. The van der Waals surface area contributed by atoms with E-state index in [4.69, 9.17) is 5.11 Å². The van der Waals surface area contributed by atoms with E-state index in [1.807, 2.05) is 13.8 Å². The van der Waals surface area contributed by atoms with E-state index < -0.39 is 21.4 Å². The summed E-state index contributed by atoms with van der Waals surface area (Å²) < 4.78 is 24.0. The summed E-state index contributed by atoms with van der Waals surface area (Å²) in [6, 6.07) is 6.89. The van der Waals surface area contributed by atoms with E-state index in [0.29, 0.717) is 5.69 Å². The van der Waals surface area contributed by atoms with Crippen molar-refractivity contribution < 1.29 is 18.3 Å². The molecule has 1 aromatic carbocycles. The number of carboxylic acid groups (broad SMARTS) is 1. The maximum Gasteiger partial charge on any atom is 0.304 e. The van der Waals surface area contributed by atoms with Gasteiger partial charge in [0.2, 0.25) is 10.0 Å². The largest absolute Gasteiger partial charge is 0.481 e. The molecule has 19 heavy (non-hydrogen) atoms. The minimum absolute atomic E-state index is 0.0221. The van der Waals surface area contributed by atoms with Crippen LogP contribution in [0.1, 0.15) is 25.8 Å². The van der Waals surface area contributed by atoms with Crippen molar-refractivity contribution >= 4 is 21.7 Å². The van der Waals surface area contributed by atoms with Gasteiger partial charge < -0.3 is 5.11 Å². The highest BCUT2D eigenvalue weighted by Crippen LogP contribution is 2.28. The zero-order chi connectivity index (χ0) is 14.8. The summed E-state index contributed by atoms with van der Waals surface area (Å²) in [4.78, 5) is 10.8. The van der Waals surface area contributed by atoms with Crippen molar-refractivity contribution in [3.8, 4) is 0 Å². The number of sulfonamides is 1. The van der Waals surface area contributed by atoms with E-state index in [9.17, 15) is 13.2 Å². The molecule has 0 aliphatic heterocycles. The molecule has 5 nitrogen and oxygen atoms in total. The fourth-order valence-electron chi connectivity index (χ4n) is 1.79. The van der Waals surface area contributed by atoms with E-state index in [-0.39, 0.29) is 6.42 Å². The molecule has 0 spiro atoms. The molecule has 0 fully saturated rings. The standard InChI is InChI=1S/C13H19NO4S/c1-13(2,9-12(15)16)10-5-7-11(8-6-10)14(3)19(4,17)18/h5-8H,9H2,1-4H3,(H,15,16). The van der Waals surface area contributed by atoms with Crippen LogP contribution in [0.25, 0.3) is 0 Å². The van der Waals surface area contributed by atoms with E-state index in [1.165, 1.54) is 11.4 Å². The minimum Gasteiger partial charge on any atom is -0.481 e. The van der Waals surface area contributed by atoms with Crippen LogP contribution >= 0.6 is 0 Å². The number of hydrogen-bond acceptors (Lipinski definition) is 3. The van der Waals surface area contributed by atoms with Gasteiger partial charge in [-0.2, -0.15) is 0 Å². The third kappa shape index (κ3) is 3.96. The second kappa shape index (κ2) is 5.21. The lowest BCUT2D eigenvalue weighted by atomic mass is 9.81. The molecular weight excluding hydrogens is 266 g/mol. The fraction of sp³-hybridized carbons (Fsp3) is 0.462. The molecule has 1 N–H and O–H groups in total. The van der Waals surface area contributed by atoms with Gasteiger partial charge in [-0.3, -0.25) is 9.10 Å². The van der Waals surface area contributed by atoms with Gasteiger partial charge in [-0.1, -0.05) is 26.0 Å². The van der Waals surface area contributed by atoms with E-state index in [2.05, 4.69) is 0 Å². The number of carboxylic acids is 1. The molecule has 0 atom stereocenters. The smallest absolute Gasteiger partial charge is 0.304 e. The molecule has 0 saturated carbocycles. The highest BCUT2D eigenvalue weighted by atomic mass is 32.2. The van der Waals surface area contributed by atoms with Gasteiger partial charge in [0.05, 0.1) is 18.4 Å². The van der Waals surface area contributed by atoms with Gasteiger partial charge in [0.15, 0.2) is 0 Å². The van der Waals surface area contributed by atoms with Crippen molar-refractivity contribution in [3.63, 3.8) is 0 Å². The molecule has 0 aromatic heterocycles. The molecule has 0 amide bonds. The Kier molecular flexibility index (Phi) is 4.25. The lowest BCUT2D eigenvalue weighted by Gasteiger charge is -2.24. The fourth-order valence-corrected chi connectivity index (χ4v) is 2.30. The lowest BCUT2D eigenvalue weighted by Crippen LogP contribution is -2.25. The topological polar surface area (TPSA) is 74.7 Å². The van der Waals surface area contributed by atoms with Crippen LogP contribution in [0.5, 0.6) is 0 Å². The molecule has 0 unspecified atom stereocenters. The normalized spacial score (nSPS) is 12.2. The maximum atomic E-state index is 11.4. The third-order valence-corrected chi connectivity index (χ3v) is 4.31. The summed E-state index contributed by atoms with van der Waals surface area (Å²) >= 11 is 0. The Morgan fingerprint density at radius 1 is 1.26 bits per heavy atom. The molecule has 0 bridgehead atoms. The van der Waals surface area contributed by atoms with E-state index in [1.54, 1.807) is 24.3 Å². The van der Waals surface area contributed by atoms with Crippen LogP contribution in [-0.2, 0) is 20.2 Å². The highest BCUT2D eigenvalue weighted by Gasteiger charge is 2.24. The molecular formula is C13H19NO4S. The van der Waals surface area contributed by atoms with Crippen molar-refractivity contribution in [3.05, 3.63) is 29.8 Å². The monoisotopic (exact) mass is 285 g/mol. The van der Waals surface area contributed by atoms with Crippen LogP contribution in [0.3, 0.4) is 0 Å². The van der Waals surface area contributed by atoms with Crippen molar-refractivity contribution in [1.29, 1.82) is 0 Å². The van der Waals surface area contributed by atoms with Crippen LogP contribution in [0.4, 0.5) is 5.69 Å². The Morgan fingerprint density at radius 3 is 2.11 bits per heavy atom. The SMILES string of the molecule is CN(c1ccc(C(C)(C)CC(=O)O)cc1)S(C)(=O)=O. The van der Waals surface area contributed by atoms with Crippen molar-refractivity contribution in [1.82, 2.24) is 0 Å². The van der Waals surface area contributed by atoms with Gasteiger partial charge >= 0.3 is 5.97 Å². The second-order valence-corrected chi connectivity index (χ2v) is 7.25. The third-order valence-electron chi connectivity index (χ3n) is 3.10. The first-order chi connectivity index (χ1) is 8.54. The molecule has 1 aromatic rings. The number of rotatable bonds is 5. The molecule has 0 saturated heterocycles. The quantitative estimate of drug-likeness (QED) is 0.895. The Labute approximate surface area is 113 Å². The zero-order valence-corrected chi connectivity index (χ0v) is 12.4. The van der Waals surface area contributed by atoms with Crippen LogP contribution in [0.15, 0.2) is 24.3 Å². The Bertz CT molecular complexity index is 561. The first kappa shape index (κ1) is 15.5. The van der Waals surface area contributed by atoms with Gasteiger partial charge in [-0.05, 0) is 17.7 Å². The number of aliphatic carboxylic acids is 1. The summed E-state index contributed by atoms with van der Waals surface area (Å²) in [7, 11) is -1.81. The molecule has 1 rings (SSSR count). The number of anilines is 1. The number of carbonyl (C=O) groups is 1. The average Bonchev–Trinajstić information content (AvgIpc) is 2.25. The Balaban J connectivity index is 3.03. The zero-order valence-electron chi connectivity index (χ0n) is 11.5. The highest BCUT2D eigenvalue weighted by molar-refractivity contribution is 7.92. The van der Waals surface area contributed by atoms with Crippen molar-refractivity contribution in [2.75, 3.05) is 17.6 Å². The summed E-state index contributed by atoms with van der Waals surface area (Å²) in [6.45, 7) is 3.69. The lowest BCUT2D eigenvalue weighted by molar-refractivity contribution is -0.138. The van der Waals surface area contributed by atoms with Gasteiger partial charge in [0.25, 0.3) is 0 Å². The van der Waals surface area contributed by atoms with Gasteiger partial charge in [0.1, 0.15) is 0 Å². The summed E-state index contributed by atoms with van der Waals surface area (Å²) in [5.41, 5.74) is 0.923. The number of hydrogen-bond donors (Lipinski definition) is 1. The average molecular weight is 285 g/mol. The second-order valence-electron chi connectivity index (χ2n) is 5.23. The Hall–Kier alpha value is -1.56. The molecule has 0 aliphatic rings. The van der Waals surface area contributed by atoms with Crippen LogP contribution < -0.4 is 4.31 Å². The molecule has 0 radical (unpaired) electrons. The van der Waals surface area contributed by atoms with Crippen LogP contribution in [0.2, 0.25) is 0 Å². The molecule has 0 aliphatic carbocycles. The van der Waals surface area contributed by atoms with Gasteiger partial charge in [-0.15, -0.1) is 0 Å². The van der Waals surface area contributed by atoms with Crippen molar-refractivity contribution in [2.45, 2.75) is 25.7 Å². The van der Waals surface area contributed by atoms with Gasteiger partial charge in [-0.25, -0.2) is 8.42 Å². The van der Waals surface area contributed by atoms with Crippen LogP contribution in [0, 0.1) is 0 Å². The Morgan fingerprint density at radius 2 is 1.74 bits per heavy atom. The summed E-state index contributed by atoms with van der Waals surface area (Å²) in [6.07, 6.45) is 1.16. The van der Waals surface area contributed by atoms with Crippen LogP contribution in [-0.4, -0.2) is 32.8 Å². The van der Waals surface area contributed by atoms with Crippen molar-refractivity contribution in [2.24, 2.45) is 0 Å². The minimum atomic E-state index is -3.28. The van der Waals surface area contributed by atoms with Gasteiger partial charge in [0, 0.05) is 12.5 Å². The number of nitrogens with zero attached hydrogens (tertiary/aromatic N) is 1. The molecule has 6 heteroatoms. The first-order valence-electron chi connectivity index (χ1n) is 5.80. The summed E-state index contributed by atoms with van der Waals surface area (Å²) in [5.74, 6) is -0.859. The predicted molar refractivity (Wildman–Crippen MR) is 75.0 cm³/mol. The van der Waals surface area contributed by atoms with E-state index >= 15 is 0 Å². The summed E-state index contributed by atoms with van der Waals surface area (Å²) in [5, 5.41) is 8.87. The number of benzene rings is 1. The maximum absolute atomic E-state index is 11.4.